The molecule has 112 valence electrons. The molecular formula is C16H25NO3. The van der Waals surface area contributed by atoms with Crippen molar-refractivity contribution in [1.82, 2.24) is 4.90 Å². The highest BCUT2D eigenvalue weighted by Gasteiger charge is 2.21. The summed E-state index contributed by atoms with van der Waals surface area (Å²) < 4.78 is 5.59. The molecule has 1 N–H and O–H groups in total. The number of hydrogen-bond acceptors (Lipinski definition) is 3. The van der Waals surface area contributed by atoms with Crippen LogP contribution in [0.1, 0.15) is 32.3 Å². The normalized spacial score (nSPS) is 10.7. The quantitative estimate of drug-likeness (QED) is 0.795. The molecule has 0 aliphatic rings. The second-order valence-corrected chi connectivity index (χ2v) is 4.84. The highest BCUT2D eigenvalue weighted by atomic mass is 16.5. The van der Waals surface area contributed by atoms with Crippen molar-refractivity contribution in [3.8, 4) is 5.75 Å². The Hall–Kier alpha value is -1.55. The number of ether oxygens (including phenoxy) is 1. The van der Waals surface area contributed by atoms with E-state index in [1.54, 1.807) is 4.90 Å². The monoisotopic (exact) mass is 279 g/mol. The number of amides is 1. The molecule has 4 heteroatoms. The van der Waals surface area contributed by atoms with E-state index < -0.39 is 0 Å². The zero-order chi connectivity index (χ0) is 15.0. The van der Waals surface area contributed by atoms with Crippen LogP contribution < -0.4 is 4.74 Å². The van der Waals surface area contributed by atoms with E-state index in [9.17, 15) is 4.79 Å². The summed E-state index contributed by atoms with van der Waals surface area (Å²) in [5.74, 6) is 0.658. The number of carbonyl (C=O) groups is 1. The SMILES string of the molecule is CCC(CC)N(CCO)C(=O)COc1ccccc1C. The van der Waals surface area contributed by atoms with Gasteiger partial charge in [0, 0.05) is 12.6 Å². The van der Waals surface area contributed by atoms with Gasteiger partial charge < -0.3 is 14.7 Å². The minimum Gasteiger partial charge on any atom is -0.484 e. The van der Waals surface area contributed by atoms with Gasteiger partial charge in [-0.25, -0.2) is 0 Å². The first-order chi connectivity index (χ1) is 9.63. The Morgan fingerprint density at radius 2 is 1.95 bits per heavy atom. The standard InChI is InChI=1S/C16H25NO3/c1-4-14(5-2)17(10-11-18)16(19)12-20-15-9-7-6-8-13(15)3/h6-9,14,18H,4-5,10-12H2,1-3H3. The minimum atomic E-state index is -0.0731. The summed E-state index contributed by atoms with van der Waals surface area (Å²) in [6.07, 6.45) is 1.76. The van der Waals surface area contributed by atoms with Crippen molar-refractivity contribution in [3.63, 3.8) is 0 Å². The van der Waals surface area contributed by atoms with Gasteiger partial charge in [0.1, 0.15) is 5.75 Å². The van der Waals surface area contributed by atoms with Crippen molar-refractivity contribution in [2.45, 2.75) is 39.7 Å². The van der Waals surface area contributed by atoms with E-state index >= 15 is 0 Å². The fraction of sp³-hybridized carbons (Fsp3) is 0.562. The first-order valence-electron chi connectivity index (χ1n) is 7.22. The lowest BCUT2D eigenvalue weighted by molar-refractivity contribution is -0.136. The summed E-state index contributed by atoms with van der Waals surface area (Å²) in [4.78, 5) is 14.0. The van der Waals surface area contributed by atoms with Crippen LogP contribution in [0, 0.1) is 6.92 Å². The number of benzene rings is 1. The smallest absolute Gasteiger partial charge is 0.260 e. The first kappa shape index (κ1) is 16.5. The number of hydrogen-bond donors (Lipinski definition) is 1. The zero-order valence-electron chi connectivity index (χ0n) is 12.6. The lowest BCUT2D eigenvalue weighted by Crippen LogP contribution is -2.44. The molecule has 0 saturated carbocycles. The Kier molecular flexibility index (Phi) is 7.09. The number of nitrogens with zero attached hydrogens (tertiary/aromatic N) is 1. The van der Waals surface area contributed by atoms with E-state index in [0.717, 1.165) is 24.2 Å². The van der Waals surface area contributed by atoms with Gasteiger partial charge in [0.2, 0.25) is 0 Å². The summed E-state index contributed by atoms with van der Waals surface area (Å²) in [5.41, 5.74) is 1.01. The van der Waals surface area contributed by atoms with Gasteiger partial charge in [-0.3, -0.25) is 4.79 Å². The van der Waals surface area contributed by atoms with Crippen LogP contribution in [0.5, 0.6) is 5.75 Å². The molecule has 0 bridgehead atoms. The van der Waals surface area contributed by atoms with E-state index in [2.05, 4.69) is 0 Å². The van der Waals surface area contributed by atoms with Gasteiger partial charge in [-0.2, -0.15) is 0 Å². The zero-order valence-corrected chi connectivity index (χ0v) is 12.6. The molecule has 0 unspecified atom stereocenters. The Morgan fingerprint density at radius 1 is 1.30 bits per heavy atom. The van der Waals surface area contributed by atoms with Crippen molar-refractivity contribution < 1.29 is 14.6 Å². The molecule has 4 nitrogen and oxygen atoms in total. The molecule has 1 aromatic carbocycles. The number of carbonyl (C=O) groups excluding carboxylic acids is 1. The molecule has 0 fully saturated rings. The lowest BCUT2D eigenvalue weighted by atomic mass is 10.1. The lowest BCUT2D eigenvalue weighted by Gasteiger charge is -2.30. The van der Waals surface area contributed by atoms with Crippen LogP contribution in [-0.4, -0.2) is 41.7 Å². The molecule has 1 rings (SSSR count). The van der Waals surface area contributed by atoms with E-state index in [0.29, 0.717) is 6.54 Å². The van der Waals surface area contributed by atoms with Crippen molar-refractivity contribution in [2.75, 3.05) is 19.8 Å². The van der Waals surface area contributed by atoms with Crippen LogP contribution in [0.4, 0.5) is 0 Å². The van der Waals surface area contributed by atoms with E-state index in [1.807, 2.05) is 45.0 Å². The molecule has 0 radical (unpaired) electrons. The Balaban J connectivity index is 2.64. The highest BCUT2D eigenvalue weighted by Crippen LogP contribution is 2.16. The maximum Gasteiger partial charge on any atom is 0.260 e. The maximum atomic E-state index is 12.3. The van der Waals surface area contributed by atoms with E-state index in [1.165, 1.54) is 0 Å². The van der Waals surface area contributed by atoms with Gasteiger partial charge in [-0.05, 0) is 31.4 Å². The van der Waals surface area contributed by atoms with Gasteiger partial charge in [-0.1, -0.05) is 32.0 Å². The second kappa shape index (κ2) is 8.59. The molecule has 0 aromatic heterocycles. The van der Waals surface area contributed by atoms with Crippen LogP contribution in [0.3, 0.4) is 0 Å². The second-order valence-electron chi connectivity index (χ2n) is 4.84. The molecule has 1 amide bonds. The molecule has 0 aliphatic carbocycles. The molecule has 0 saturated heterocycles. The molecule has 0 spiro atoms. The highest BCUT2D eigenvalue weighted by molar-refractivity contribution is 5.78. The van der Waals surface area contributed by atoms with Crippen LogP contribution >= 0.6 is 0 Å². The fourth-order valence-corrected chi connectivity index (χ4v) is 2.29. The Labute approximate surface area is 121 Å². The fourth-order valence-electron chi connectivity index (χ4n) is 2.29. The largest absolute Gasteiger partial charge is 0.484 e. The third-order valence-electron chi connectivity index (χ3n) is 3.49. The summed E-state index contributed by atoms with van der Waals surface area (Å²) in [7, 11) is 0. The molecule has 0 heterocycles. The van der Waals surface area contributed by atoms with Gasteiger partial charge in [-0.15, -0.1) is 0 Å². The maximum absolute atomic E-state index is 12.3. The predicted molar refractivity (Wildman–Crippen MR) is 79.8 cm³/mol. The van der Waals surface area contributed by atoms with Crippen molar-refractivity contribution in [1.29, 1.82) is 0 Å². The number of aliphatic hydroxyl groups is 1. The van der Waals surface area contributed by atoms with Crippen LogP contribution in [0.2, 0.25) is 0 Å². The van der Waals surface area contributed by atoms with Crippen LogP contribution in [-0.2, 0) is 4.79 Å². The van der Waals surface area contributed by atoms with E-state index in [-0.39, 0.29) is 25.2 Å². The average molecular weight is 279 g/mol. The molecule has 0 aliphatic heterocycles. The summed E-state index contributed by atoms with van der Waals surface area (Å²) in [5, 5.41) is 9.12. The van der Waals surface area contributed by atoms with Gasteiger partial charge in [0.15, 0.2) is 6.61 Å². The van der Waals surface area contributed by atoms with Gasteiger partial charge in [0.05, 0.1) is 6.61 Å². The van der Waals surface area contributed by atoms with Gasteiger partial charge in [0.25, 0.3) is 5.91 Å². The van der Waals surface area contributed by atoms with Crippen molar-refractivity contribution in [3.05, 3.63) is 29.8 Å². The summed E-state index contributed by atoms with van der Waals surface area (Å²) in [6.45, 7) is 6.41. The van der Waals surface area contributed by atoms with Crippen LogP contribution in [0.15, 0.2) is 24.3 Å². The third kappa shape index (κ3) is 4.53. The van der Waals surface area contributed by atoms with Crippen molar-refractivity contribution in [2.24, 2.45) is 0 Å². The van der Waals surface area contributed by atoms with Gasteiger partial charge >= 0.3 is 0 Å². The number of rotatable bonds is 8. The number of aryl methyl sites for hydroxylation is 1. The Bertz CT molecular complexity index is 416. The average Bonchev–Trinajstić information content (AvgIpc) is 2.46. The van der Waals surface area contributed by atoms with Crippen molar-refractivity contribution >= 4 is 5.91 Å². The number of aliphatic hydroxyl groups excluding tert-OH is 1. The molecule has 0 atom stereocenters. The summed E-state index contributed by atoms with van der Waals surface area (Å²) in [6, 6.07) is 7.79. The molecular weight excluding hydrogens is 254 g/mol. The summed E-state index contributed by atoms with van der Waals surface area (Å²) >= 11 is 0. The Morgan fingerprint density at radius 3 is 2.50 bits per heavy atom. The third-order valence-corrected chi connectivity index (χ3v) is 3.49. The predicted octanol–water partition coefficient (Wildman–Crippen LogP) is 2.38. The molecule has 1 aromatic rings. The van der Waals surface area contributed by atoms with E-state index in [4.69, 9.17) is 9.84 Å². The topological polar surface area (TPSA) is 49.8 Å². The van der Waals surface area contributed by atoms with Crippen LogP contribution in [0.25, 0.3) is 0 Å². The number of para-hydroxylation sites is 1. The minimum absolute atomic E-state index is 0.0152. The first-order valence-corrected chi connectivity index (χ1v) is 7.22. The molecule has 20 heavy (non-hydrogen) atoms.